The second-order valence-electron chi connectivity index (χ2n) is 5.15. The highest BCUT2D eigenvalue weighted by molar-refractivity contribution is 5.78. The number of nitrogens with zero attached hydrogens (tertiary/aromatic N) is 1. The molecule has 5 heteroatoms. The van der Waals surface area contributed by atoms with Crippen molar-refractivity contribution >= 4 is 5.91 Å². The lowest BCUT2D eigenvalue weighted by atomic mass is 10.3. The fraction of sp³-hybridized carbons (Fsp3) is 0.923. The van der Waals surface area contributed by atoms with Gasteiger partial charge in [-0.2, -0.15) is 0 Å². The zero-order chi connectivity index (χ0) is 13.4. The van der Waals surface area contributed by atoms with Crippen LogP contribution in [0.5, 0.6) is 0 Å². The Hall–Kier alpha value is -0.650. The van der Waals surface area contributed by atoms with Crippen LogP contribution in [0, 0.1) is 0 Å². The molecule has 1 amide bonds. The summed E-state index contributed by atoms with van der Waals surface area (Å²) in [5.74, 6) is 0.0353. The normalized spacial score (nSPS) is 19.7. The van der Waals surface area contributed by atoms with Crippen LogP contribution in [0.2, 0.25) is 0 Å². The molecule has 1 saturated heterocycles. The van der Waals surface area contributed by atoms with E-state index in [4.69, 9.17) is 4.74 Å². The summed E-state index contributed by atoms with van der Waals surface area (Å²) in [7, 11) is 1.64. The largest absolute Gasteiger partial charge is 0.383 e. The number of carbonyl (C=O) groups excluding carboxylic acids is 1. The molecular formula is C13H27N3O2. The average Bonchev–Trinajstić information content (AvgIpc) is 2.82. The molecule has 1 fully saturated rings. The molecule has 18 heavy (non-hydrogen) atoms. The van der Waals surface area contributed by atoms with Crippen LogP contribution >= 0.6 is 0 Å². The van der Waals surface area contributed by atoms with Crippen LogP contribution in [0.15, 0.2) is 0 Å². The van der Waals surface area contributed by atoms with Gasteiger partial charge in [-0.1, -0.05) is 0 Å². The van der Waals surface area contributed by atoms with Crippen LogP contribution in [0.25, 0.3) is 0 Å². The number of nitrogens with one attached hydrogen (secondary N) is 2. The lowest BCUT2D eigenvalue weighted by molar-refractivity contribution is -0.121. The number of carbonyl (C=O) groups is 1. The van der Waals surface area contributed by atoms with Gasteiger partial charge in [0.2, 0.25) is 5.91 Å². The summed E-state index contributed by atoms with van der Waals surface area (Å²) in [6.45, 7) is 8.34. The molecule has 0 bridgehead atoms. The van der Waals surface area contributed by atoms with Gasteiger partial charge in [-0.15, -0.1) is 0 Å². The average molecular weight is 257 g/mol. The van der Waals surface area contributed by atoms with Crippen molar-refractivity contribution in [3.8, 4) is 0 Å². The van der Waals surface area contributed by atoms with Crippen LogP contribution in [-0.4, -0.2) is 62.8 Å². The summed E-state index contributed by atoms with van der Waals surface area (Å²) in [6.07, 6.45) is 2.61. The summed E-state index contributed by atoms with van der Waals surface area (Å²) in [5.41, 5.74) is 0. The van der Waals surface area contributed by atoms with E-state index in [0.29, 0.717) is 19.2 Å². The first-order chi connectivity index (χ1) is 8.63. The Morgan fingerprint density at radius 3 is 2.61 bits per heavy atom. The Kier molecular flexibility index (Phi) is 7.23. The van der Waals surface area contributed by atoms with Crippen molar-refractivity contribution < 1.29 is 9.53 Å². The van der Waals surface area contributed by atoms with Gasteiger partial charge < -0.3 is 15.4 Å². The highest BCUT2D eigenvalue weighted by Gasteiger charge is 2.17. The molecule has 0 aromatic rings. The number of methoxy groups -OCH3 is 1. The smallest absolute Gasteiger partial charge is 0.234 e. The quantitative estimate of drug-likeness (QED) is 0.653. The highest BCUT2D eigenvalue weighted by atomic mass is 16.5. The maximum absolute atomic E-state index is 11.6. The molecule has 0 spiro atoms. The van der Waals surface area contributed by atoms with E-state index in [1.54, 1.807) is 7.11 Å². The lowest BCUT2D eigenvalue weighted by Gasteiger charge is -2.24. The Bertz CT molecular complexity index is 242. The fourth-order valence-corrected chi connectivity index (χ4v) is 2.32. The van der Waals surface area contributed by atoms with Gasteiger partial charge in [-0.25, -0.2) is 0 Å². The molecule has 0 saturated carbocycles. The first kappa shape index (κ1) is 15.4. The van der Waals surface area contributed by atoms with Crippen molar-refractivity contribution in [2.75, 3.05) is 39.9 Å². The molecular weight excluding hydrogens is 230 g/mol. The Morgan fingerprint density at radius 1 is 1.33 bits per heavy atom. The van der Waals surface area contributed by atoms with E-state index < -0.39 is 0 Å². The minimum Gasteiger partial charge on any atom is -0.383 e. The van der Waals surface area contributed by atoms with Crippen molar-refractivity contribution in [2.24, 2.45) is 0 Å². The molecule has 2 N–H and O–H groups in total. The summed E-state index contributed by atoms with van der Waals surface area (Å²) < 4.78 is 4.97. The van der Waals surface area contributed by atoms with E-state index in [-0.39, 0.29) is 11.9 Å². The van der Waals surface area contributed by atoms with Crippen LogP contribution in [0.1, 0.15) is 26.7 Å². The molecule has 106 valence electrons. The third-order valence-corrected chi connectivity index (χ3v) is 3.31. The number of hydrogen-bond donors (Lipinski definition) is 2. The van der Waals surface area contributed by atoms with Gasteiger partial charge in [0, 0.05) is 25.7 Å². The van der Waals surface area contributed by atoms with Gasteiger partial charge in [0.1, 0.15) is 0 Å². The SMILES string of the molecule is COCC(C)NC(=O)CNCC(C)N1CCCC1. The number of amides is 1. The van der Waals surface area contributed by atoms with E-state index in [2.05, 4.69) is 22.5 Å². The molecule has 0 aromatic carbocycles. The van der Waals surface area contributed by atoms with E-state index in [1.165, 1.54) is 25.9 Å². The van der Waals surface area contributed by atoms with Crippen molar-refractivity contribution in [2.45, 2.75) is 38.8 Å². The second kappa shape index (κ2) is 8.45. The number of ether oxygens (including phenoxy) is 1. The second-order valence-corrected chi connectivity index (χ2v) is 5.15. The van der Waals surface area contributed by atoms with Gasteiger partial charge >= 0.3 is 0 Å². The third-order valence-electron chi connectivity index (χ3n) is 3.31. The summed E-state index contributed by atoms with van der Waals surface area (Å²) >= 11 is 0. The molecule has 0 aromatic heterocycles. The van der Waals surface area contributed by atoms with E-state index >= 15 is 0 Å². The first-order valence-electron chi connectivity index (χ1n) is 6.86. The van der Waals surface area contributed by atoms with Gasteiger partial charge in [0.05, 0.1) is 13.2 Å². The molecule has 1 rings (SSSR count). The molecule has 0 radical (unpaired) electrons. The van der Waals surface area contributed by atoms with E-state index in [0.717, 1.165) is 6.54 Å². The van der Waals surface area contributed by atoms with E-state index in [1.807, 2.05) is 6.92 Å². The predicted octanol–water partition coefficient (Wildman–Crippen LogP) is 0.211. The number of rotatable bonds is 8. The molecule has 0 aliphatic carbocycles. The molecule has 1 aliphatic heterocycles. The van der Waals surface area contributed by atoms with Crippen LogP contribution < -0.4 is 10.6 Å². The number of likely N-dealkylation sites (tertiary alicyclic amines) is 1. The fourth-order valence-electron chi connectivity index (χ4n) is 2.32. The number of hydrogen-bond acceptors (Lipinski definition) is 4. The first-order valence-corrected chi connectivity index (χ1v) is 6.86. The van der Waals surface area contributed by atoms with Crippen LogP contribution in [0.3, 0.4) is 0 Å². The Labute approximate surface area is 110 Å². The molecule has 5 nitrogen and oxygen atoms in total. The van der Waals surface area contributed by atoms with Gasteiger partial charge in [-0.3, -0.25) is 9.69 Å². The summed E-state index contributed by atoms with van der Waals surface area (Å²) in [4.78, 5) is 14.1. The van der Waals surface area contributed by atoms with Gasteiger partial charge in [0.25, 0.3) is 0 Å². The van der Waals surface area contributed by atoms with Gasteiger partial charge in [0.15, 0.2) is 0 Å². The Balaban J connectivity index is 2.07. The predicted molar refractivity (Wildman–Crippen MR) is 72.6 cm³/mol. The molecule has 1 heterocycles. The Morgan fingerprint density at radius 2 is 2.00 bits per heavy atom. The summed E-state index contributed by atoms with van der Waals surface area (Å²) in [6, 6.07) is 0.581. The van der Waals surface area contributed by atoms with Crippen molar-refractivity contribution in [3.63, 3.8) is 0 Å². The monoisotopic (exact) mass is 257 g/mol. The maximum atomic E-state index is 11.6. The topological polar surface area (TPSA) is 53.6 Å². The molecule has 1 aliphatic rings. The lowest BCUT2D eigenvalue weighted by Crippen LogP contribution is -2.44. The molecule has 2 atom stereocenters. The van der Waals surface area contributed by atoms with Gasteiger partial charge in [-0.05, 0) is 39.8 Å². The standard InChI is InChI=1S/C13H27N3O2/c1-11(10-18-3)15-13(17)9-14-8-12(2)16-6-4-5-7-16/h11-12,14H,4-10H2,1-3H3,(H,15,17). The van der Waals surface area contributed by atoms with Crippen LogP contribution in [0.4, 0.5) is 0 Å². The minimum absolute atomic E-state index is 0.0353. The zero-order valence-electron chi connectivity index (χ0n) is 11.9. The minimum atomic E-state index is 0.0353. The molecule has 2 unspecified atom stereocenters. The zero-order valence-corrected chi connectivity index (χ0v) is 11.9. The van der Waals surface area contributed by atoms with Crippen molar-refractivity contribution in [1.29, 1.82) is 0 Å². The van der Waals surface area contributed by atoms with Crippen LogP contribution in [-0.2, 0) is 9.53 Å². The van der Waals surface area contributed by atoms with Crippen molar-refractivity contribution in [1.82, 2.24) is 15.5 Å². The summed E-state index contributed by atoms with van der Waals surface area (Å²) in [5, 5.41) is 6.10. The van der Waals surface area contributed by atoms with Crippen molar-refractivity contribution in [3.05, 3.63) is 0 Å². The maximum Gasteiger partial charge on any atom is 0.234 e. The van der Waals surface area contributed by atoms with E-state index in [9.17, 15) is 4.79 Å². The highest BCUT2D eigenvalue weighted by Crippen LogP contribution is 2.10. The third kappa shape index (κ3) is 5.80.